The third kappa shape index (κ3) is 2.36. The molecule has 2 heterocycles. The number of hydrogen-bond acceptors (Lipinski definition) is 4. The molecule has 0 aliphatic rings. The number of rotatable bonds is 3. The fourth-order valence-corrected chi connectivity index (χ4v) is 2.62. The number of aryl methyl sites for hydroxylation is 1. The molecular weight excluding hydrogens is 294 g/mol. The number of hydrogen-bond donors (Lipinski definition) is 1. The molecule has 0 aliphatic carbocycles. The molecule has 0 fully saturated rings. The van der Waals surface area contributed by atoms with Crippen LogP contribution in [0.15, 0.2) is 28.8 Å². The van der Waals surface area contributed by atoms with E-state index >= 15 is 0 Å². The second-order valence-electron chi connectivity index (χ2n) is 5.63. The van der Waals surface area contributed by atoms with Crippen molar-refractivity contribution >= 4 is 16.9 Å². The lowest BCUT2D eigenvalue weighted by atomic mass is 10.1. The summed E-state index contributed by atoms with van der Waals surface area (Å²) in [6.07, 6.45) is 1.82. The molecule has 2 aromatic heterocycles. The molecule has 6 nitrogen and oxygen atoms in total. The fraction of sp³-hybridized carbons (Fsp3) is 0.235. The summed E-state index contributed by atoms with van der Waals surface area (Å²) in [7, 11) is 0. The number of oxazole rings is 1. The molecule has 0 bridgehead atoms. The summed E-state index contributed by atoms with van der Waals surface area (Å²) in [5, 5.41) is 19.2. The Morgan fingerprint density at radius 2 is 2.17 bits per heavy atom. The molecule has 6 heteroatoms. The van der Waals surface area contributed by atoms with Crippen molar-refractivity contribution < 1.29 is 14.3 Å². The van der Waals surface area contributed by atoms with Gasteiger partial charge in [0.05, 0.1) is 11.3 Å². The van der Waals surface area contributed by atoms with Gasteiger partial charge in [0.25, 0.3) is 0 Å². The predicted octanol–water partition coefficient (Wildman–Crippen LogP) is 3.76. The van der Waals surface area contributed by atoms with Crippen LogP contribution in [0.5, 0.6) is 0 Å². The van der Waals surface area contributed by atoms with Crippen molar-refractivity contribution in [3.05, 3.63) is 41.4 Å². The van der Waals surface area contributed by atoms with Gasteiger partial charge in [0, 0.05) is 28.7 Å². The predicted molar refractivity (Wildman–Crippen MR) is 84.2 cm³/mol. The lowest BCUT2D eigenvalue weighted by Crippen LogP contribution is -1.97. The van der Waals surface area contributed by atoms with Crippen LogP contribution >= 0.6 is 0 Å². The minimum Gasteiger partial charge on any atom is -0.475 e. The van der Waals surface area contributed by atoms with E-state index in [2.05, 4.69) is 11.1 Å². The highest BCUT2D eigenvalue weighted by molar-refractivity contribution is 5.90. The minimum absolute atomic E-state index is 0.166. The molecule has 0 saturated heterocycles. The van der Waals surface area contributed by atoms with Crippen LogP contribution in [0, 0.1) is 18.3 Å². The number of carboxylic acid groups (broad SMARTS) is 1. The largest absolute Gasteiger partial charge is 0.475 e. The Kier molecular flexibility index (Phi) is 3.41. The van der Waals surface area contributed by atoms with E-state index in [0.29, 0.717) is 16.8 Å². The van der Waals surface area contributed by atoms with E-state index in [-0.39, 0.29) is 17.7 Å². The van der Waals surface area contributed by atoms with Gasteiger partial charge in [0.2, 0.25) is 11.7 Å². The van der Waals surface area contributed by atoms with Crippen molar-refractivity contribution in [2.24, 2.45) is 0 Å². The standard InChI is InChI=1S/C17H15N3O3/c1-9(2)20-8-12(7-18)13-6-11(4-5-14(13)20)16-19-10(3)15(23-16)17(21)22/h4-6,8-9H,1-3H3,(H,21,22). The summed E-state index contributed by atoms with van der Waals surface area (Å²) in [4.78, 5) is 15.2. The minimum atomic E-state index is -1.15. The Morgan fingerprint density at radius 1 is 1.43 bits per heavy atom. The van der Waals surface area contributed by atoms with Gasteiger partial charge in [-0.05, 0) is 39.0 Å². The van der Waals surface area contributed by atoms with Crippen LogP contribution in [0.2, 0.25) is 0 Å². The zero-order valence-corrected chi connectivity index (χ0v) is 13.0. The molecular formula is C17H15N3O3. The SMILES string of the molecule is Cc1nc(-c2ccc3c(c2)c(C#N)cn3C(C)C)oc1C(=O)O. The lowest BCUT2D eigenvalue weighted by molar-refractivity contribution is 0.0662. The zero-order chi connectivity index (χ0) is 16.7. The first-order valence-corrected chi connectivity index (χ1v) is 7.18. The summed E-state index contributed by atoms with van der Waals surface area (Å²) in [5.74, 6) is -1.07. The molecule has 0 spiro atoms. The summed E-state index contributed by atoms with van der Waals surface area (Å²) >= 11 is 0. The van der Waals surface area contributed by atoms with E-state index in [9.17, 15) is 10.1 Å². The molecule has 23 heavy (non-hydrogen) atoms. The van der Waals surface area contributed by atoms with Crippen LogP contribution in [0.3, 0.4) is 0 Å². The van der Waals surface area contributed by atoms with Crippen LogP contribution in [-0.4, -0.2) is 20.6 Å². The quantitative estimate of drug-likeness (QED) is 0.795. The molecule has 0 saturated carbocycles. The van der Waals surface area contributed by atoms with E-state index < -0.39 is 5.97 Å². The molecule has 3 rings (SSSR count). The van der Waals surface area contributed by atoms with Crippen LogP contribution in [0.1, 0.15) is 41.7 Å². The fourth-order valence-electron chi connectivity index (χ4n) is 2.62. The summed E-state index contributed by atoms with van der Waals surface area (Å²) in [6.45, 7) is 5.68. The first kappa shape index (κ1) is 14.9. The molecule has 0 atom stereocenters. The normalized spacial score (nSPS) is 11.1. The third-order valence-electron chi connectivity index (χ3n) is 3.75. The smallest absolute Gasteiger partial charge is 0.373 e. The molecule has 116 valence electrons. The Hall–Kier alpha value is -3.07. The molecule has 0 radical (unpaired) electrons. The lowest BCUT2D eigenvalue weighted by Gasteiger charge is -2.08. The summed E-state index contributed by atoms with van der Waals surface area (Å²) in [5.41, 5.74) is 2.48. The van der Waals surface area contributed by atoms with E-state index in [4.69, 9.17) is 9.52 Å². The van der Waals surface area contributed by atoms with E-state index in [1.165, 1.54) is 0 Å². The van der Waals surface area contributed by atoms with Crippen molar-refractivity contribution in [1.82, 2.24) is 9.55 Å². The second-order valence-corrected chi connectivity index (χ2v) is 5.63. The highest BCUT2D eigenvalue weighted by Crippen LogP contribution is 2.30. The Bertz CT molecular complexity index is 958. The third-order valence-corrected chi connectivity index (χ3v) is 3.75. The monoisotopic (exact) mass is 309 g/mol. The van der Waals surface area contributed by atoms with Gasteiger partial charge in [-0.3, -0.25) is 0 Å². The van der Waals surface area contributed by atoms with E-state index in [1.807, 2.05) is 42.8 Å². The van der Waals surface area contributed by atoms with Gasteiger partial charge in [-0.1, -0.05) is 0 Å². The Morgan fingerprint density at radius 3 is 2.74 bits per heavy atom. The Labute approximate surface area is 132 Å². The van der Waals surface area contributed by atoms with Crippen molar-refractivity contribution in [3.63, 3.8) is 0 Å². The molecule has 3 aromatic rings. The summed E-state index contributed by atoms with van der Waals surface area (Å²) < 4.78 is 7.37. The molecule has 0 unspecified atom stereocenters. The van der Waals surface area contributed by atoms with E-state index in [0.717, 1.165) is 10.9 Å². The first-order chi connectivity index (χ1) is 10.9. The van der Waals surface area contributed by atoms with Crippen LogP contribution in [0.4, 0.5) is 0 Å². The maximum absolute atomic E-state index is 11.1. The first-order valence-electron chi connectivity index (χ1n) is 7.18. The van der Waals surface area contributed by atoms with Gasteiger partial charge in [0.1, 0.15) is 6.07 Å². The van der Waals surface area contributed by atoms with Crippen molar-refractivity contribution in [3.8, 4) is 17.5 Å². The molecule has 0 amide bonds. The molecule has 1 N–H and O–H groups in total. The van der Waals surface area contributed by atoms with Crippen molar-refractivity contribution in [2.45, 2.75) is 26.8 Å². The van der Waals surface area contributed by atoms with E-state index in [1.54, 1.807) is 6.92 Å². The number of carbonyl (C=O) groups is 1. The number of benzene rings is 1. The van der Waals surface area contributed by atoms with Gasteiger partial charge < -0.3 is 14.1 Å². The summed E-state index contributed by atoms with van der Waals surface area (Å²) in [6, 6.07) is 7.94. The van der Waals surface area contributed by atoms with Crippen LogP contribution < -0.4 is 0 Å². The average Bonchev–Trinajstić information content (AvgIpc) is 3.07. The number of nitrogens with zero attached hydrogens (tertiary/aromatic N) is 3. The average molecular weight is 309 g/mol. The number of nitriles is 1. The van der Waals surface area contributed by atoms with Gasteiger partial charge in [-0.25, -0.2) is 9.78 Å². The van der Waals surface area contributed by atoms with Crippen LogP contribution in [0.25, 0.3) is 22.4 Å². The second kappa shape index (κ2) is 5.29. The van der Waals surface area contributed by atoms with Gasteiger partial charge in [-0.2, -0.15) is 5.26 Å². The molecule has 0 aliphatic heterocycles. The van der Waals surface area contributed by atoms with Crippen molar-refractivity contribution in [2.75, 3.05) is 0 Å². The van der Waals surface area contributed by atoms with Gasteiger partial charge in [0.15, 0.2) is 0 Å². The number of fused-ring (bicyclic) bond motifs is 1. The highest BCUT2D eigenvalue weighted by Gasteiger charge is 2.18. The maximum Gasteiger partial charge on any atom is 0.373 e. The van der Waals surface area contributed by atoms with Gasteiger partial charge in [-0.15, -0.1) is 0 Å². The maximum atomic E-state index is 11.1. The number of aromatic carboxylic acids is 1. The van der Waals surface area contributed by atoms with Crippen molar-refractivity contribution in [1.29, 1.82) is 5.26 Å². The molecule has 1 aromatic carbocycles. The number of carboxylic acids is 1. The van der Waals surface area contributed by atoms with Gasteiger partial charge >= 0.3 is 5.97 Å². The Balaban J connectivity index is 2.19. The highest BCUT2D eigenvalue weighted by atomic mass is 16.4. The number of aromatic nitrogens is 2. The zero-order valence-electron chi connectivity index (χ0n) is 13.0. The topological polar surface area (TPSA) is 92.0 Å². The van der Waals surface area contributed by atoms with Crippen LogP contribution in [-0.2, 0) is 0 Å².